The van der Waals surface area contributed by atoms with Gasteiger partial charge in [-0.15, -0.1) is 21.5 Å². The first-order valence-electron chi connectivity index (χ1n) is 11.8. The molecule has 1 amide bonds. The third kappa shape index (κ3) is 6.27. The molecule has 1 aliphatic rings. The van der Waals surface area contributed by atoms with Gasteiger partial charge in [0.25, 0.3) is 0 Å². The first-order valence-corrected chi connectivity index (χ1v) is 13.7. The second-order valence-electron chi connectivity index (χ2n) is 9.74. The number of carbonyl (C=O) groups is 1. The van der Waals surface area contributed by atoms with Crippen molar-refractivity contribution < 1.29 is 4.79 Å². The van der Waals surface area contributed by atoms with E-state index in [0.717, 1.165) is 23.0 Å². The van der Waals surface area contributed by atoms with E-state index >= 15 is 0 Å². The Labute approximate surface area is 205 Å². The minimum Gasteiger partial charge on any atom is -0.333 e. The summed E-state index contributed by atoms with van der Waals surface area (Å²) in [5.41, 5.74) is 0.892. The summed E-state index contributed by atoms with van der Waals surface area (Å²) in [6.45, 7) is 6.91. The SMILES string of the molecule is CC(C)(C)N(Cc1ccccc1)C(=O)CSc1nnc(Cc2cccs2)n1C1CCCCC1. The van der Waals surface area contributed by atoms with Gasteiger partial charge in [-0.3, -0.25) is 4.79 Å². The number of benzene rings is 1. The first kappa shape index (κ1) is 24.0. The summed E-state index contributed by atoms with van der Waals surface area (Å²) >= 11 is 3.30. The highest BCUT2D eigenvalue weighted by atomic mass is 32.2. The fourth-order valence-corrected chi connectivity index (χ4v) is 6.07. The van der Waals surface area contributed by atoms with Crippen LogP contribution in [0.2, 0.25) is 0 Å². The molecule has 0 aliphatic heterocycles. The number of rotatable bonds is 8. The molecule has 1 aromatic carbocycles. The van der Waals surface area contributed by atoms with Crippen molar-refractivity contribution >= 4 is 29.0 Å². The Kier molecular flexibility index (Phi) is 7.91. The molecule has 7 heteroatoms. The summed E-state index contributed by atoms with van der Waals surface area (Å²) in [7, 11) is 0. The lowest BCUT2D eigenvalue weighted by Gasteiger charge is -2.36. The molecule has 1 fully saturated rings. The highest BCUT2D eigenvalue weighted by Crippen LogP contribution is 2.34. The van der Waals surface area contributed by atoms with Crippen LogP contribution < -0.4 is 0 Å². The van der Waals surface area contributed by atoms with Crippen molar-refractivity contribution in [3.05, 3.63) is 64.1 Å². The van der Waals surface area contributed by atoms with Gasteiger partial charge in [0.1, 0.15) is 5.82 Å². The van der Waals surface area contributed by atoms with Gasteiger partial charge < -0.3 is 9.47 Å². The van der Waals surface area contributed by atoms with Crippen molar-refractivity contribution in [1.29, 1.82) is 0 Å². The lowest BCUT2D eigenvalue weighted by Crippen LogP contribution is -2.46. The van der Waals surface area contributed by atoms with Gasteiger partial charge >= 0.3 is 0 Å². The summed E-state index contributed by atoms with van der Waals surface area (Å²) in [5, 5.41) is 12.1. The van der Waals surface area contributed by atoms with Crippen LogP contribution in [0, 0.1) is 0 Å². The topological polar surface area (TPSA) is 51.0 Å². The van der Waals surface area contributed by atoms with Gasteiger partial charge in [-0.2, -0.15) is 0 Å². The van der Waals surface area contributed by atoms with Crippen molar-refractivity contribution in [2.75, 3.05) is 5.75 Å². The normalized spacial score (nSPS) is 15.0. The molecule has 176 valence electrons. The standard InChI is InChI=1S/C26H34N4OS2/c1-26(2,3)29(18-20-11-6-4-7-12-20)24(31)19-33-25-28-27-23(17-22-15-10-16-32-22)30(25)21-13-8-5-9-14-21/h4,6-7,10-12,15-16,21H,5,8-9,13-14,17-19H2,1-3H3. The predicted octanol–water partition coefficient (Wildman–Crippen LogP) is 6.36. The molecule has 1 aliphatic carbocycles. The zero-order valence-corrected chi connectivity index (χ0v) is 21.5. The highest BCUT2D eigenvalue weighted by Gasteiger charge is 2.28. The van der Waals surface area contributed by atoms with Gasteiger partial charge in [0.2, 0.25) is 5.91 Å². The van der Waals surface area contributed by atoms with Crippen LogP contribution in [0.25, 0.3) is 0 Å². The monoisotopic (exact) mass is 482 g/mol. The van der Waals surface area contributed by atoms with Crippen molar-refractivity contribution in [3.63, 3.8) is 0 Å². The molecule has 0 N–H and O–H groups in total. The maximum Gasteiger partial charge on any atom is 0.233 e. The molecule has 0 unspecified atom stereocenters. The van der Waals surface area contributed by atoms with Crippen molar-refractivity contribution in [2.24, 2.45) is 0 Å². The van der Waals surface area contributed by atoms with Gasteiger partial charge in [0.05, 0.1) is 5.75 Å². The van der Waals surface area contributed by atoms with Crippen LogP contribution in [-0.4, -0.2) is 36.9 Å². The third-order valence-electron chi connectivity index (χ3n) is 6.21. The molecular formula is C26H34N4OS2. The lowest BCUT2D eigenvalue weighted by atomic mass is 9.95. The number of carbonyl (C=O) groups excluding carboxylic acids is 1. The number of amides is 1. The largest absolute Gasteiger partial charge is 0.333 e. The summed E-state index contributed by atoms with van der Waals surface area (Å²) in [4.78, 5) is 16.6. The van der Waals surface area contributed by atoms with E-state index in [0.29, 0.717) is 18.3 Å². The van der Waals surface area contributed by atoms with Crippen LogP contribution in [0.15, 0.2) is 53.0 Å². The molecule has 2 heterocycles. The van der Waals surface area contributed by atoms with E-state index in [2.05, 4.69) is 65.2 Å². The molecule has 0 bridgehead atoms. The second kappa shape index (κ2) is 10.9. The molecule has 3 aromatic rings. The van der Waals surface area contributed by atoms with Gasteiger partial charge in [-0.1, -0.05) is 67.4 Å². The molecule has 5 nitrogen and oxygen atoms in total. The Morgan fingerprint density at radius 2 is 1.85 bits per heavy atom. The minimum atomic E-state index is -0.255. The van der Waals surface area contributed by atoms with Crippen LogP contribution in [0.5, 0.6) is 0 Å². The van der Waals surface area contributed by atoms with Crippen LogP contribution in [0.4, 0.5) is 0 Å². The number of thioether (sulfide) groups is 1. The number of hydrogen-bond donors (Lipinski definition) is 0. The summed E-state index contributed by atoms with van der Waals surface area (Å²) in [5.74, 6) is 1.53. The Balaban J connectivity index is 1.51. The van der Waals surface area contributed by atoms with Crippen molar-refractivity contribution in [3.8, 4) is 0 Å². The van der Waals surface area contributed by atoms with Crippen molar-refractivity contribution in [1.82, 2.24) is 19.7 Å². The molecule has 0 spiro atoms. The van der Waals surface area contributed by atoms with E-state index in [9.17, 15) is 4.79 Å². The number of nitrogens with zero attached hydrogens (tertiary/aromatic N) is 4. The maximum absolute atomic E-state index is 13.4. The second-order valence-corrected chi connectivity index (χ2v) is 11.7. The molecule has 0 radical (unpaired) electrons. The fourth-order valence-electron chi connectivity index (χ4n) is 4.47. The van der Waals surface area contributed by atoms with E-state index < -0.39 is 0 Å². The average molecular weight is 483 g/mol. The number of aromatic nitrogens is 3. The average Bonchev–Trinajstić information content (AvgIpc) is 3.46. The predicted molar refractivity (Wildman–Crippen MR) is 137 cm³/mol. The van der Waals surface area contributed by atoms with Crippen LogP contribution >= 0.6 is 23.1 Å². The highest BCUT2D eigenvalue weighted by molar-refractivity contribution is 7.99. The van der Waals surface area contributed by atoms with E-state index in [1.54, 1.807) is 11.3 Å². The fraction of sp³-hybridized carbons (Fsp3) is 0.500. The molecule has 4 rings (SSSR count). The zero-order valence-electron chi connectivity index (χ0n) is 19.9. The summed E-state index contributed by atoms with van der Waals surface area (Å²) in [6.07, 6.45) is 6.94. The molecule has 1 saturated carbocycles. The van der Waals surface area contributed by atoms with E-state index in [1.165, 1.54) is 48.7 Å². The van der Waals surface area contributed by atoms with E-state index in [-0.39, 0.29) is 11.4 Å². The quantitative estimate of drug-likeness (QED) is 0.351. The Bertz CT molecular complexity index is 1020. The van der Waals surface area contributed by atoms with Gasteiger partial charge in [-0.25, -0.2) is 0 Å². The number of hydrogen-bond acceptors (Lipinski definition) is 5. The molecule has 0 saturated heterocycles. The Hall–Kier alpha value is -2.12. The van der Waals surface area contributed by atoms with Crippen molar-refractivity contribution in [2.45, 2.75) is 82.6 Å². The molecule has 33 heavy (non-hydrogen) atoms. The first-order chi connectivity index (χ1) is 15.9. The van der Waals surface area contributed by atoms with Crippen LogP contribution in [0.1, 0.15) is 75.2 Å². The Morgan fingerprint density at radius 1 is 1.09 bits per heavy atom. The molecule has 2 aromatic heterocycles. The van der Waals surface area contributed by atoms with Crippen LogP contribution in [0.3, 0.4) is 0 Å². The maximum atomic E-state index is 13.4. The summed E-state index contributed by atoms with van der Waals surface area (Å²) in [6, 6.07) is 14.9. The smallest absolute Gasteiger partial charge is 0.233 e. The Morgan fingerprint density at radius 3 is 2.52 bits per heavy atom. The van der Waals surface area contributed by atoms with Crippen LogP contribution in [-0.2, 0) is 17.8 Å². The third-order valence-corrected chi connectivity index (χ3v) is 8.01. The van der Waals surface area contributed by atoms with Gasteiger partial charge in [-0.05, 0) is 50.6 Å². The molecule has 0 atom stereocenters. The number of thiophene rings is 1. The minimum absolute atomic E-state index is 0.134. The summed E-state index contributed by atoms with van der Waals surface area (Å²) < 4.78 is 2.34. The van der Waals surface area contributed by atoms with E-state index in [4.69, 9.17) is 0 Å². The lowest BCUT2D eigenvalue weighted by molar-refractivity contribution is -0.133. The van der Waals surface area contributed by atoms with Gasteiger partial charge in [0.15, 0.2) is 5.16 Å². The molecular weight excluding hydrogens is 448 g/mol. The van der Waals surface area contributed by atoms with E-state index in [1.807, 2.05) is 23.1 Å². The zero-order chi connectivity index (χ0) is 23.3. The van der Waals surface area contributed by atoms with Gasteiger partial charge in [0, 0.05) is 29.4 Å².